The van der Waals surface area contributed by atoms with E-state index in [-0.39, 0.29) is 24.1 Å². The summed E-state index contributed by atoms with van der Waals surface area (Å²) in [5.41, 5.74) is 1.91. The molecule has 7 heteroatoms. The number of thioether (sulfide) groups is 1. The van der Waals surface area contributed by atoms with Crippen LogP contribution in [0.15, 0.2) is 51.8 Å². The molecule has 1 N–H and O–H groups in total. The number of fused-ring (bicyclic) bond motifs is 1. The Morgan fingerprint density at radius 2 is 1.93 bits per heavy atom. The van der Waals surface area contributed by atoms with Gasteiger partial charge >= 0.3 is 0 Å². The van der Waals surface area contributed by atoms with Crippen molar-refractivity contribution in [1.82, 2.24) is 4.90 Å². The van der Waals surface area contributed by atoms with E-state index in [2.05, 4.69) is 5.32 Å². The lowest BCUT2D eigenvalue weighted by Crippen LogP contribution is -2.35. The first kappa shape index (κ1) is 19.3. The monoisotopic (exact) mass is 402 g/mol. The highest BCUT2D eigenvalue weighted by Gasteiger charge is 2.23. The molecule has 27 heavy (non-hydrogen) atoms. The molecule has 0 saturated carbocycles. The number of rotatable bonds is 5. The van der Waals surface area contributed by atoms with Gasteiger partial charge in [0.15, 0.2) is 11.3 Å². The first-order chi connectivity index (χ1) is 12.9. The third kappa shape index (κ3) is 3.96. The molecule has 3 aromatic rings. The molecular formula is C20H19ClN2O3S. The van der Waals surface area contributed by atoms with Gasteiger partial charge in [-0.1, -0.05) is 35.9 Å². The minimum Gasteiger partial charge on any atom is -0.449 e. The minimum atomic E-state index is -0.368. The van der Waals surface area contributed by atoms with E-state index in [1.54, 1.807) is 31.8 Å². The Kier molecular flexibility index (Phi) is 5.77. The van der Waals surface area contributed by atoms with Gasteiger partial charge in [0.1, 0.15) is 0 Å². The van der Waals surface area contributed by atoms with Crippen LogP contribution in [-0.4, -0.2) is 36.6 Å². The summed E-state index contributed by atoms with van der Waals surface area (Å²) in [5, 5.41) is 4.08. The number of likely N-dealkylation sites (N-methyl/N-ethyl adjacent to an activating group) is 1. The Labute approximate surface area is 166 Å². The van der Waals surface area contributed by atoms with Gasteiger partial charge < -0.3 is 14.6 Å². The zero-order chi connectivity index (χ0) is 19.6. The van der Waals surface area contributed by atoms with Crippen molar-refractivity contribution >= 4 is 51.8 Å². The molecule has 0 aliphatic heterocycles. The summed E-state index contributed by atoms with van der Waals surface area (Å²) in [7, 11) is 1.57. The van der Waals surface area contributed by atoms with Gasteiger partial charge in [-0.25, -0.2) is 0 Å². The second-order valence-electron chi connectivity index (χ2n) is 6.08. The van der Waals surface area contributed by atoms with Gasteiger partial charge in [-0.3, -0.25) is 9.59 Å². The number of para-hydroxylation sites is 2. The first-order valence-electron chi connectivity index (χ1n) is 8.28. The number of benzene rings is 2. The van der Waals surface area contributed by atoms with Gasteiger partial charge in [-0.05, 0) is 31.4 Å². The van der Waals surface area contributed by atoms with Crippen LogP contribution in [0.3, 0.4) is 0 Å². The lowest BCUT2D eigenvalue weighted by molar-refractivity contribution is -0.116. The summed E-state index contributed by atoms with van der Waals surface area (Å²) in [4.78, 5) is 27.4. The van der Waals surface area contributed by atoms with Gasteiger partial charge in [-0.2, -0.15) is 0 Å². The van der Waals surface area contributed by atoms with Gasteiger partial charge in [0.2, 0.25) is 5.91 Å². The molecule has 0 fully saturated rings. The third-order valence-electron chi connectivity index (χ3n) is 4.22. The molecule has 0 atom stereocenters. The SMILES string of the molecule is CSc1ccccc1NC(=O)CN(C)C(=O)c1oc2c(Cl)cccc2c1C. The van der Waals surface area contributed by atoms with E-state index in [0.717, 1.165) is 16.0 Å². The Hall–Kier alpha value is -2.44. The van der Waals surface area contributed by atoms with Crippen LogP contribution in [0.5, 0.6) is 0 Å². The summed E-state index contributed by atoms with van der Waals surface area (Å²) in [5.74, 6) is -0.454. The highest BCUT2D eigenvalue weighted by Crippen LogP contribution is 2.31. The molecule has 3 rings (SSSR count). The van der Waals surface area contributed by atoms with E-state index in [1.807, 2.05) is 42.7 Å². The zero-order valence-electron chi connectivity index (χ0n) is 15.2. The molecule has 1 aromatic heterocycles. The molecule has 2 amide bonds. The van der Waals surface area contributed by atoms with Gasteiger partial charge in [0.25, 0.3) is 5.91 Å². The van der Waals surface area contributed by atoms with Crippen LogP contribution in [0.4, 0.5) is 5.69 Å². The maximum absolute atomic E-state index is 12.8. The molecule has 0 aliphatic rings. The van der Waals surface area contributed by atoms with E-state index in [0.29, 0.717) is 16.2 Å². The largest absolute Gasteiger partial charge is 0.449 e. The number of aryl methyl sites for hydroxylation is 1. The van der Waals surface area contributed by atoms with Crippen molar-refractivity contribution in [1.29, 1.82) is 0 Å². The van der Waals surface area contributed by atoms with Gasteiger partial charge in [0, 0.05) is 22.9 Å². The minimum absolute atomic E-state index is 0.0915. The van der Waals surface area contributed by atoms with Crippen molar-refractivity contribution in [3.05, 3.63) is 58.8 Å². The number of furan rings is 1. The molecule has 0 aliphatic carbocycles. The van der Waals surface area contributed by atoms with Gasteiger partial charge in [0.05, 0.1) is 17.3 Å². The Balaban J connectivity index is 1.75. The first-order valence-corrected chi connectivity index (χ1v) is 9.88. The summed E-state index contributed by atoms with van der Waals surface area (Å²) in [6.45, 7) is 1.71. The molecule has 0 saturated heterocycles. The standard InChI is InChI=1S/C20H19ClN2O3S/c1-12-13-7-6-8-14(21)19(13)26-18(12)20(25)23(2)11-17(24)22-15-9-4-5-10-16(15)27-3/h4-10H,11H2,1-3H3,(H,22,24). The maximum atomic E-state index is 12.8. The summed E-state index contributed by atoms with van der Waals surface area (Å²) >= 11 is 7.69. The third-order valence-corrected chi connectivity index (χ3v) is 5.31. The van der Waals surface area contributed by atoms with Crippen molar-refractivity contribution < 1.29 is 14.0 Å². The molecule has 1 heterocycles. The quantitative estimate of drug-likeness (QED) is 0.621. The second kappa shape index (κ2) is 8.06. The van der Waals surface area contributed by atoms with Crippen molar-refractivity contribution in [3.63, 3.8) is 0 Å². The molecule has 2 aromatic carbocycles. The second-order valence-corrected chi connectivity index (χ2v) is 7.34. The lowest BCUT2D eigenvalue weighted by atomic mass is 10.1. The summed E-state index contributed by atoms with van der Waals surface area (Å²) in [6, 6.07) is 12.9. The highest BCUT2D eigenvalue weighted by molar-refractivity contribution is 7.98. The fourth-order valence-electron chi connectivity index (χ4n) is 2.81. The molecule has 0 spiro atoms. The number of carbonyl (C=O) groups is 2. The lowest BCUT2D eigenvalue weighted by Gasteiger charge is -2.16. The molecule has 0 radical (unpaired) electrons. The summed E-state index contributed by atoms with van der Waals surface area (Å²) < 4.78 is 5.69. The zero-order valence-corrected chi connectivity index (χ0v) is 16.8. The van der Waals surface area contributed by atoms with Crippen LogP contribution >= 0.6 is 23.4 Å². The smallest absolute Gasteiger partial charge is 0.290 e. The number of nitrogens with zero attached hydrogens (tertiary/aromatic N) is 1. The van der Waals surface area contributed by atoms with E-state index < -0.39 is 0 Å². The molecular weight excluding hydrogens is 384 g/mol. The van der Waals surface area contributed by atoms with Crippen LogP contribution in [0.25, 0.3) is 11.0 Å². The van der Waals surface area contributed by atoms with Crippen LogP contribution in [0, 0.1) is 6.92 Å². The average molecular weight is 403 g/mol. The fraction of sp³-hybridized carbons (Fsp3) is 0.200. The van der Waals surface area contributed by atoms with E-state index >= 15 is 0 Å². The van der Waals surface area contributed by atoms with E-state index in [1.165, 1.54) is 4.90 Å². The number of halogens is 1. The van der Waals surface area contributed by atoms with Crippen LogP contribution < -0.4 is 5.32 Å². The highest BCUT2D eigenvalue weighted by atomic mass is 35.5. The van der Waals surface area contributed by atoms with Crippen molar-refractivity contribution in [2.24, 2.45) is 0 Å². The predicted molar refractivity (Wildman–Crippen MR) is 110 cm³/mol. The van der Waals surface area contributed by atoms with E-state index in [4.69, 9.17) is 16.0 Å². The normalized spacial score (nSPS) is 10.8. The molecule has 140 valence electrons. The Bertz CT molecular complexity index is 1020. The van der Waals surface area contributed by atoms with Gasteiger partial charge in [-0.15, -0.1) is 11.8 Å². The van der Waals surface area contributed by atoms with Crippen LogP contribution in [-0.2, 0) is 4.79 Å². The predicted octanol–water partition coefficient (Wildman–Crippen LogP) is 4.83. The topological polar surface area (TPSA) is 62.6 Å². The van der Waals surface area contributed by atoms with E-state index in [9.17, 15) is 9.59 Å². The molecule has 0 bridgehead atoms. The number of carbonyl (C=O) groups excluding carboxylic acids is 2. The number of hydrogen-bond donors (Lipinski definition) is 1. The Morgan fingerprint density at radius 3 is 2.63 bits per heavy atom. The Morgan fingerprint density at radius 1 is 1.19 bits per heavy atom. The fourth-order valence-corrected chi connectivity index (χ4v) is 3.58. The maximum Gasteiger partial charge on any atom is 0.290 e. The number of anilines is 1. The molecule has 5 nitrogen and oxygen atoms in total. The van der Waals surface area contributed by atoms with Crippen LogP contribution in [0.2, 0.25) is 5.02 Å². The number of nitrogens with one attached hydrogen (secondary N) is 1. The average Bonchev–Trinajstić information content (AvgIpc) is 2.99. The molecule has 0 unspecified atom stereocenters. The number of hydrogen-bond acceptors (Lipinski definition) is 4. The number of amides is 2. The van der Waals surface area contributed by atoms with Crippen LogP contribution in [0.1, 0.15) is 16.1 Å². The van der Waals surface area contributed by atoms with Crippen molar-refractivity contribution in [3.8, 4) is 0 Å². The van der Waals surface area contributed by atoms with Crippen molar-refractivity contribution in [2.75, 3.05) is 25.2 Å². The van der Waals surface area contributed by atoms with Crippen molar-refractivity contribution in [2.45, 2.75) is 11.8 Å². The summed E-state index contributed by atoms with van der Waals surface area (Å²) in [6.07, 6.45) is 1.94.